The number of para-hydroxylation sites is 1. The fourth-order valence-corrected chi connectivity index (χ4v) is 1.78. The van der Waals surface area contributed by atoms with Crippen molar-refractivity contribution in [1.82, 2.24) is 10.2 Å². The van der Waals surface area contributed by atoms with Crippen LogP contribution in [0.5, 0.6) is 0 Å². The van der Waals surface area contributed by atoms with Gasteiger partial charge in [0.15, 0.2) is 0 Å². The standard InChI is InChI=1S/C12H15N3O2/c1-17-11(16)7-6-9(13)12-8-4-2-3-5-10(8)14-15-12/h2-5,9H,6-7,13H2,1H3,(H,14,15). The molecule has 1 aromatic carbocycles. The number of H-pyrrole nitrogens is 1. The summed E-state index contributed by atoms with van der Waals surface area (Å²) in [6.07, 6.45) is 0.851. The summed E-state index contributed by atoms with van der Waals surface area (Å²) < 4.78 is 4.59. The van der Waals surface area contributed by atoms with Gasteiger partial charge in [-0.25, -0.2) is 0 Å². The van der Waals surface area contributed by atoms with E-state index in [1.54, 1.807) is 0 Å². The second-order valence-corrected chi connectivity index (χ2v) is 3.88. The van der Waals surface area contributed by atoms with Gasteiger partial charge in [0.25, 0.3) is 0 Å². The van der Waals surface area contributed by atoms with E-state index < -0.39 is 0 Å². The Morgan fingerprint density at radius 3 is 3.06 bits per heavy atom. The number of methoxy groups -OCH3 is 1. The van der Waals surface area contributed by atoms with E-state index in [0.29, 0.717) is 12.8 Å². The van der Waals surface area contributed by atoms with Crippen LogP contribution in [0.4, 0.5) is 0 Å². The molecule has 0 radical (unpaired) electrons. The number of benzene rings is 1. The molecule has 3 N–H and O–H groups in total. The minimum Gasteiger partial charge on any atom is -0.469 e. The highest BCUT2D eigenvalue weighted by molar-refractivity contribution is 5.81. The smallest absolute Gasteiger partial charge is 0.305 e. The van der Waals surface area contributed by atoms with Gasteiger partial charge >= 0.3 is 5.97 Å². The first kappa shape index (κ1) is 11.6. The molecular weight excluding hydrogens is 218 g/mol. The quantitative estimate of drug-likeness (QED) is 0.784. The van der Waals surface area contributed by atoms with Crippen LogP contribution in [0.3, 0.4) is 0 Å². The van der Waals surface area contributed by atoms with Crippen molar-refractivity contribution in [2.45, 2.75) is 18.9 Å². The van der Waals surface area contributed by atoms with E-state index >= 15 is 0 Å². The Bertz CT molecular complexity index is 521. The maximum absolute atomic E-state index is 11.0. The second kappa shape index (κ2) is 4.97. The molecule has 2 aromatic rings. The average Bonchev–Trinajstić information content (AvgIpc) is 2.79. The van der Waals surface area contributed by atoms with Gasteiger partial charge in [0.05, 0.1) is 18.3 Å². The van der Waals surface area contributed by atoms with Gasteiger partial charge in [-0.15, -0.1) is 0 Å². The lowest BCUT2D eigenvalue weighted by molar-refractivity contribution is -0.140. The number of esters is 1. The molecule has 1 atom stereocenters. The topological polar surface area (TPSA) is 81.0 Å². The Labute approximate surface area is 98.9 Å². The Balaban J connectivity index is 2.13. The van der Waals surface area contributed by atoms with Crippen LogP contribution in [0.25, 0.3) is 10.9 Å². The molecule has 90 valence electrons. The van der Waals surface area contributed by atoms with Gasteiger partial charge in [-0.3, -0.25) is 9.89 Å². The van der Waals surface area contributed by atoms with Gasteiger partial charge in [0, 0.05) is 17.8 Å². The molecule has 5 heteroatoms. The van der Waals surface area contributed by atoms with Crippen LogP contribution in [0.1, 0.15) is 24.6 Å². The van der Waals surface area contributed by atoms with E-state index in [0.717, 1.165) is 16.6 Å². The third kappa shape index (κ3) is 2.45. The molecule has 5 nitrogen and oxygen atoms in total. The van der Waals surface area contributed by atoms with E-state index in [1.807, 2.05) is 24.3 Å². The van der Waals surface area contributed by atoms with E-state index in [-0.39, 0.29) is 12.0 Å². The highest BCUT2D eigenvalue weighted by Crippen LogP contribution is 2.22. The van der Waals surface area contributed by atoms with Crippen LogP contribution < -0.4 is 5.73 Å². The summed E-state index contributed by atoms with van der Waals surface area (Å²) in [5, 5.41) is 8.10. The van der Waals surface area contributed by atoms with E-state index in [2.05, 4.69) is 14.9 Å². The molecule has 0 saturated carbocycles. The van der Waals surface area contributed by atoms with Gasteiger partial charge in [0.1, 0.15) is 0 Å². The minimum atomic E-state index is -0.246. The summed E-state index contributed by atoms with van der Waals surface area (Å²) in [6.45, 7) is 0. The van der Waals surface area contributed by atoms with Gasteiger partial charge in [-0.1, -0.05) is 18.2 Å². The normalized spacial score (nSPS) is 12.6. The summed E-state index contributed by atoms with van der Waals surface area (Å²) in [6, 6.07) is 7.51. The summed E-state index contributed by atoms with van der Waals surface area (Å²) in [4.78, 5) is 11.0. The van der Waals surface area contributed by atoms with Crippen molar-refractivity contribution in [1.29, 1.82) is 0 Å². The fourth-order valence-electron chi connectivity index (χ4n) is 1.78. The monoisotopic (exact) mass is 233 g/mol. The molecule has 0 aliphatic heterocycles. The number of rotatable bonds is 4. The predicted molar refractivity (Wildman–Crippen MR) is 64.3 cm³/mol. The third-order valence-corrected chi connectivity index (χ3v) is 2.75. The molecule has 0 aliphatic rings. The highest BCUT2D eigenvalue weighted by Gasteiger charge is 2.14. The van der Waals surface area contributed by atoms with Crippen LogP contribution in [-0.2, 0) is 9.53 Å². The SMILES string of the molecule is COC(=O)CCC(N)c1[nH]nc2ccccc12. The number of hydrogen-bond acceptors (Lipinski definition) is 4. The lowest BCUT2D eigenvalue weighted by Crippen LogP contribution is -2.13. The number of ether oxygens (including phenoxy) is 1. The first-order valence-electron chi connectivity index (χ1n) is 5.47. The van der Waals surface area contributed by atoms with E-state index in [4.69, 9.17) is 5.73 Å². The van der Waals surface area contributed by atoms with E-state index in [1.165, 1.54) is 7.11 Å². The lowest BCUT2D eigenvalue weighted by atomic mass is 10.1. The number of carbonyl (C=O) groups excluding carboxylic acids is 1. The average molecular weight is 233 g/mol. The van der Waals surface area contributed by atoms with Crippen molar-refractivity contribution in [2.75, 3.05) is 7.11 Å². The van der Waals surface area contributed by atoms with Crippen LogP contribution in [0.15, 0.2) is 24.3 Å². The fraction of sp³-hybridized carbons (Fsp3) is 0.333. The van der Waals surface area contributed by atoms with Crippen molar-refractivity contribution < 1.29 is 9.53 Å². The Kier molecular flexibility index (Phi) is 3.39. The molecule has 1 aromatic heterocycles. The van der Waals surface area contributed by atoms with Crippen molar-refractivity contribution in [3.8, 4) is 0 Å². The Hall–Kier alpha value is -1.88. The third-order valence-electron chi connectivity index (χ3n) is 2.75. The summed E-state index contributed by atoms with van der Waals surface area (Å²) in [5.41, 5.74) is 7.78. The predicted octanol–water partition coefficient (Wildman–Crippen LogP) is 1.52. The van der Waals surface area contributed by atoms with Crippen molar-refractivity contribution >= 4 is 16.9 Å². The lowest BCUT2D eigenvalue weighted by Gasteiger charge is -2.08. The van der Waals surface area contributed by atoms with Crippen LogP contribution in [0, 0.1) is 0 Å². The van der Waals surface area contributed by atoms with Crippen molar-refractivity contribution in [3.05, 3.63) is 30.0 Å². The zero-order valence-corrected chi connectivity index (χ0v) is 9.64. The maximum atomic E-state index is 11.0. The number of nitrogens with one attached hydrogen (secondary N) is 1. The first-order valence-corrected chi connectivity index (χ1v) is 5.47. The molecule has 0 amide bonds. The molecule has 2 rings (SSSR count). The number of nitrogens with zero attached hydrogens (tertiary/aromatic N) is 1. The van der Waals surface area contributed by atoms with Crippen LogP contribution in [0.2, 0.25) is 0 Å². The number of aromatic amines is 1. The minimum absolute atomic E-state index is 0.235. The molecule has 1 unspecified atom stereocenters. The largest absolute Gasteiger partial charge is 0.469 e. The number of aromatic nitrogens is 2. The van der Waals surface area contributed by atoms with Gasteiger partial charge in [-0.05, 0) is 12.5 Å². The molecule has 1 heterocycles. The van der Waals surface area contributed by atoms with Gasteiger partial charge < -0.3 is 10.5 Å². The number of fused-ring (bicyclic) bond motifs is 1. The highest BCUT2D eigenvalue weighted by atomic mass is 16.5. The first-order chi connectivity index (χ1) is 8.22. The Morgan fingerprint density at radius 1 is 1.53 bits per heavy atom. The summed E-state index contributed by atoms with van der Waals surface area (Å²) in [5.74, 6) is -0.246. The number of nitrogens with two attached hydrogens (primary N) is 1. The molecule has 0 aliphatic carbocycles. The molecule has 0 fully saturated rings. The Morgan fingerprint density at radius 2 is 2.29 bits per heavy atom. The molecule has 0 spiro atoms. The summed E-state index contributed by atoms with van der Waals surface area (Å²) >= 11 is 0. The molecule has 0 bridgehead atoms. The van der Waals surface area contributed by atoms with Gasteiger partial charge in [-0.2, -0.15) is 5.10 Å². The maximum Gasteiger partial charge on any atom is 0.305 e. The number of carbonyl (C=O) groups is 1. The molecule has 0 saturated heterocycles. The molecular formula is C12H15N3O2. The number of hydrogen-bond donors (Lipinski definition) is 2. The van der Waals surface area contributed by atoms with Crippen LogP contribution in [-0.4, -0.2) is 23.3 Å². The second-order valence-electron chi connectivity index (χ2n) is 3.88. The van der Waals surface area contributed by atoms with E-state index in [9.17, 15) is 4.79 Å². The van der Waals surface area contributed by atoms with Crippen molar-refractivity contribution in [2.24, 2.45) is 5.73 Å². The zero-order chi connectivity index (χ0) is 12.3. The zero-order valence-electron chi connectivity index (χ0n) is 9.64. The van der Waals surface area contributed by atoms with Gasteiger partial charge in [0.2, 0.25) is 0 Å². The van der Waals surface area contributed by atoms with Crippen molar-refractivity contribution in [3.63, 3.8) is 0 Å². The molecule has 17 heavy (non-hydrogen) atoms. The van der Waals surface area contributed by atoms with Crippen LogP contribution >= 0.6 is 0 Å². The summed E-state index contributed by atoms with van der Waals surface area (Å²) in [7, 11) is 1.37.